The van der Waals surface area contributed by atoms with Crippen molar-refractivity contribution in [2.45, 2.75) is 12.5 Å². The topological polar surface area (TPSA) is 42.6 Å². The van der Waals surface area contributed by atoms with Crippen molar-refractivity contribution in [3.05, 3.63) is 36.1 Å². The largest absolute Gasteiger partial charge is 0.458 e. The van der Waals surface area contributed by atoms with Crippen LogP contribution in [0.4, 0.5) is 0 Å². The van der Waals surface area contributed by atoms with E-state index in [1.54, 1.807) is 0 Å². The molecule has 1 aromatic carbocycles. The first-order chi connectivity index (χ1) is 7.88. The van der Waals surface area contributed by atoms with Gasteiger partial charge < -0.3 is 14.3 Å². The summed E-state index contributed by atoms with van der Waals surface area (Å²) in [5.74, 6) is 0.998. The van der Waals surface area contributed by atoms with E-state index in [2.05, 4.69) is 0 Å². The molecule has 1 aromatic heterocycles. The van der Waals surface area contributed by atoms with E-state index in [9.17, 15) is 5.11 Å². The maximum Gasteiger partial charge on any atom is 0.134 e. The smallest absolute Gasteiger partial charge is 0.134 e. The Balaban J connectivity index is 1.99. The normalized spacial score (nSPS) is 25.3. The molecule has 0 bridgehead atoms. The lowest BCUT2D eigenvalue weighted by atomic mass is 10.0. The Morgan fingerprint density at radius 1 is 1.31 bits per heavy atom. The van der Waals surface area contributed by atoms with Crippen LogP contribution in [-0.2, 0) is 4.74 Å². The van der Waals surface area contributed by atoms with Gasteiger partial charge in [-0.3, -0.25) is 0 Å². The van der Waals surface area contributed by atoms with Crippen molar-refractivity contribution >= 4 is 11.0 Å². The SMILES string of the molecule is OCC1CCOC1c1cc2ccccc2o1. The van der Waals surface area contributed by atoms with Gasteiger partial charge in [-0.15, -0.1) is 0 Å². The highest BCUT2D eigenvalue weighted by Crippen LogP contribution is 2.36. The van der Waals surface area contributed by atoms with E-state index in [1.165, 1.54) is 0 Å². The van der Waals surface area contributed by atoms with Crippen LogP contribution in [0.5, 0.6) is 0 Å². The summed E-state index contributed by atoms with van der Waals surface area (Å²) in [5.41, 5.74) is 0.879. The summed E-state index contributed by atoms with van der Waals surface area (Å²) in [6.45, 7) is 0.856. The van der Waals surface area contributed by atoms with Gasteiger partial charge in [-0.25, -0.2) is 0 Å². The molecule has 1 aliphatic rings. The van der Waals surface area contributed by atoms with Crippen LogP contribution in [0.2, 0.25) is 0 Å². The van der Waals surface area contributed by atoms with E-state index < -0.39 is 0 Å². The van der Waals surface area contributed by atoms with Gasteiger partial charge in [0.25, 0.3) is 0 Å². The molecule has 1 fully saturated rings. The molecule has 3 nitrogen and oxygen atoms in total. The Hall–Kier alpha value is -1.32. The fourth-order valence-electron chi connectivity index (χ4n) is 2.28. The maximum absolute atomic E-state index is 9.25. The van der Waals surface area contributed by atoms with Crippen LogP contribution in [-0.4, -0.2) is 18.3 Å². The molecule has 2 heterocycles. The predicted octanol–water partition coefficient (Wildman–Crippen LogP) is 2.50. The summed E-state index contributed by atoms with van der Waals surface area (Å²) in [6.07, 6.45) is 0.815. The first-order valence-electron chi connectivity index (χ1n) is 5.59. The molecule has 84 valence electrons. The Kier molecular flexibility index (Phi) is 2.42. The van der Waals surface area contributed by atoms with E-state index in [0.717, 1.165) is 23.2 Å². The van der Waals surface area contributed by atoms with Crippen molar-refractivity contribution in [2.75, 3.05) is 13.2 Å². The van der Waals surface area contributed by atoms with Gasteiger partial charge in [0.1, 0.15) is 17.4 Å². The van der Waals surface area contributed by atoms with Crippen LogP contribution in [0, 0.1) is 5.92 Å². The van der Waals surface area contributed by atoms with Crippen LogP contribution in [0.1, 0.15) is 18.3 Å². The van der Waals surface area contributed by atoms with Gasteiger partial charge in [0.15, 0.2) is 0 Å². The molecule has 2 unspecified atom stereocenters. The number of fused-ring (bicyclic) bond motifs is 1. The summed E-state index contributed by atoms with van der Waals surface area (Å²) in [5, 5.41) is 10.3. The lowest BCUT2D eigenvalue weighted by Gasteiger charge is -2.12. The Morgan fingerprint density at radius 2 is 2.19 bits per heavy atom. The zero-order chi connectivity index (χ0) is 11.0. The average Bonchev–Trinajstić information content (AvgIpc) is 2.94. The van der Waals surface area contributed by atoms with Crippen molar-refractivity contribution in [1.29, 1.82) is 0 Å². The molecule has 0 radical (unpaired) electrons. The number of aliphatic hydroxyl groups is 1. The van der Waals surface area contributed by atoms with Crippen LogP contribution >= 0.6 is 0 Å². The molecule has 0 aliphatic carbocycles. The zero-order valence-corrected chi connectivity index (χ0v) is 8.93. The van der Waals surface area contributed by atoms with Crippen LogP contribution in [0.25, 0.3) is 11.0 Å². The fraction of sp³-hybridized carbons (Fsp3) is 0.385. The fourth-order valence-corrected chi connectivity index (χ4v) is 2.28. The van der Waals surface area contributed by atoms with Gasteiger partial charge in [-0.2, -0.15) is 0 Å². The molecule has 3 heteroatoms. The number of para-hydroxylation sites is 1. The van der Waals surface area contributed by atoms with Gasteiger partial charge in [0.2, 0.25) is 0 Å². The molecular formula is C13H14O3. The number of aliphatic hydroxyl groups excluding tert-OH is 1. The van der Waals surface area contributed by atoms with E-state index in [4.69, 9.17) is 9.15 Å². The van der Waals surface area contributed by atoms with Gasteiger partial charge >= 0.3 is 0 Å². The standard InChI is InChI=1S/C13H14O3/c14-8-10-5-6-15-13(10)12-7-9-3-1-2-4-11(9)16-12/h1-4,7,10,13-14H,5-6,8H2. The first kappa shape index (κ1) is 9.87. The monoisotopic (exact) mass is 218 g/mol. The first-order valence-corrected chi connectivity index (χ1v) is 5.59. The number of hydrogen-bond acceptors (Lipinski definition) is 3. The van der Waals surface area contributed by atoms with Gasteiger partial charge in [-0.1, -0.05) is 18.2 Å². The molecule has 1 aliphatic heterocycles. The summed E-state index contributed by atoms with van der Waals surface area (Å²) >= 11 is 0. The maximum atomic E-state index is 9.25. The van der Waals surface area contributed by atoms with Crippen LogP contribution in [0.15, 0.2) is 34.7 Å². The van der Waals surface area contributed by atoms with Crippen LogP contribution in [0.3, 0.4) is 0 Å². The van der Waals surface area contributed by atoms with Gasteiger partial charge in [0, 0.05) is 24.5 Å². The number of hydrogen-bond donors (Lipinski definition) is 1. The molecule has 1 N–H and O–H groups in total. The second kappa shape index (κ2) is 3.92. The second-order valence-corrected chi connectivity index (χ2v) is 4.21. The Morgan fingerprint density at radius 3 is 3.00 bits per heavy atom. The van der Waals surface area contributed by atoms with Crippen molar-refractivity contribution in [3.63, 3.8) is 0 Å². The molecule has 2 atom stereocenters. The van der Waals surface area contributed by atoms with Crippen molar-refractivity contribution < 1.29 is 14.3 Å². The number of ether oxygens (including phenoxy) is 1. The summed E-state index contributed by atoms with van der Waals surface area (Å²) in [7, 11) is 0. The molecule has 16 heavy (non-hydrogen) atoms. The zero-order valence-electron chi connectivity index (χ0n) is 8.93. The van der Waals surface area contributed by atoms with Crippen molar-refractivity contribution in [3.8, 4) is 0 Å². The second-order valence-electron chi connectivity index (χ2n) is 4.21. The molecule has 3 rings (SSSR count). The summed E-state index contributed by atoms with van der Waals surface area (Å²) in [6, 6.07) is 9.91. The third-order valence-corrected chi connectivity index (χ3v) is 3.17. The molecule has 0 saturated carbocycles. The van der Waals surface area contributed by atoms with E-state index >= 15 is 0 Å². The molecule has 0 amide bonds. The lowest BCUT2D eigenvalue weighted by molar-refractivity contribution is 0.0566. The quantitative estimate of drug-likeness (QED) is 0.842. The summed E-state index contributed by atoms with van der Waals surface area (Å²) < 4.78 is 11.4. The minimum Gasteiger partial charge on any atom is -0.458 e. The van der Waals surface area contributed by atoms with Gasteiger partial charge in [-0.05, 0) is 18.6 Å². The number of rotatable bonds is 2. The number of furan rings is 1. The molecule has 2 aromatic rings. The molecule has 0 spiro atoms. The highest BCUT2D eigenvalue weighted by atomic mass is 16.5. The summed E-state index contributed by atoms with van der Waals surface area (Å²) in [4.78, 5) is 0. The molecular weight excluding hydrogens is 204 g/mol. The van der Waals surface area contributed by atoms with Crippen molar-refractivity contribution in [1.82, 2.24) is 0 Å². The highest BCUT2D eigenvalue weighted by molar-refractivity contribution is 5.77. The Labute approximate surface area is 93.6 Å². The minimum absolute atomic E-state index is 0.0857. The lowest BCUT2D eigenvalue weighted by Crippen LogP contribution is -2.10. The predicted molar refractivity (Wildman–Crippen MR) is 60.1 cm³/mol. The third kappa shape index (κ3) is 1.52. The third-order valence-electron chi connectivity index (χ3n) is 3.17. The molecule has 1 saturated heterocycles. The van der Waals surface area contributed by atoms with E-state index in [-0.39, 0.29) is 18.6 Å². The van der Waals surface area contributed by atoms with E-state index in [1.807, 2.05) is 30.3 Å². The van der Waals surface area contributed by atoms with Crippen molar-refractivity contribution in [2.24, 2.45) is 5.92 Å². The highest BCUT2D eigenvalue weighted by Gasteiger charge is 2.31. The van der Waals surface area contributed by atoms with Gasteiger partial charge in [0.05, 0.1) is 0 Å². The van der Waals surface area contributed by atoms with Crippen LogP contribution < -0.4 is 0 Å². The van der Waals surface area contributed by atoms with E-state index in [0.29, 0.717) is 6.61 Å². The average molecular weight is 218 g/mol. The number of benzene rings is 1. The Bertz CT molecular complexity index is 456. The minimum atomic E-state index is -0.0857.